The fraction of sp³-hybridized carbons (Fsp3) is 0.550. The van der Waals surface area contributed by atoms with E-state index < -0.39 is 11.2 Å². The molecule has 1 atom stereocenters. The maximum absolute atomic E-state index is 12.6. The topological polar surface area (TPSA) is 89.5 Å². The van der Waals surface area contributed by atoms with Crippen molar-refractivity contribution in [3.63, 3.8) is 0 Å². The normalized spacial score (nSPS) is 22.3. The fourth-order valence-electron chi connectivity index (χ4n) is 4.15. The van der Waals surface area contributed by atoms with Gasteiger partial charge >= 0.3 is 0 Å². The van der Waals surface area contributed by atoms with Crippen molar-refractivity contribution in [1.29, 1.82) is 0 Å². The molecule has 0 amide bonds. The second-order valence-electron chi connectivity index (χ2n) is 7.79. The van der Waals surface area contributed by atoms with E-state index in [4.69, 9.17) is 26.3 Å². The molecule has 0 aliphatic carbocycles. The molecule has 0 aromatic carbocycles. The minimum absolute atomic E-state index is 0.302. The largest absolute Gasteiger partial charge is 0.611 e. The lowest BCUT2D eigenvalue weighted by Gasteiger charge is -2.35. The van der Waals surface area contributed by atoms with E-state index in [2.05, 4.69) is 20.1 Å². The van der Waals surface area contributed by atoms with Crippen molar-refractivity contribution in [3.05, 3.63) is 29.0 Å². The summed E-state index contributed by atoms with van der Waals surface area (Å²) in [5.74, 6) is 3.04. The molecule has 0 bridgehead atoms. The highest BCUT2D eigenvalue weighted by atomic mass is 35.5. The lowest BCUT2D eigenvalue weighted by atomic mass is 10.1. The summed E-state index contributed by atoms with van der Waals surface area (Å²) in [5, 5.41) is 4.19. The van der Waals surface area contributed by atoms with Crippen LogP contribution in [0.4, 0.5) is 17.6 Å². The number of hydrogen-bond acceptors (Lipinski definition) is 8. The smallest absolute Gasteiger partial charge is 0.228 e. The van der Waals surface area contributed by atoms with Crippen LogP contribution in [0.25, 0.3) is 0 Å². The Kier molecular flexibility index (Phi) is 5.86. The van der Waals surface area contributed by atoms with Crippen LogP contribution in [0.2, 0.25) is 5.02 Å². The van der Waals surface area contributed by atoms with E-state index in [0.717, 1.165) is 86.8 Å². The predicted molar refractivity (Wildman–Crippen MR) is 118 cm³/mol. The number of fused-ring (bicyclic) bond motifs is 1. The zero-order valence-corrected chi connectivity index (χ0v) is 18.3. The second-order valence-corrected chi connectivity index (χ2v) is 9.73. The number of rotatable bonds is 4. The van der Waals surface area contributed by atoms with Gasteiger partial charge in [0.05, 0.1) is 5.02 Å². The highest BCUT2D eigenvalue weighted by molar-refractivity contribution is 7.91. The molecule has 8 nitrogen and oxygen atoms in total. The van der Waals surface area contributed by atoms with Gasteiger partial charge in [0.15, 0.2) is 5.82 Å². The monoisotopic (exact) mass is 448 g/mol. The van der Waals surface area contributed by atoms with Gasteiger partial charge in [0.2, 0.25) is 10.8 Å². The number of nitrogens with one attached hydrogen (secondary N) is 1. The lowest BCUT2D eigenvalue weighted by molar-refractivity contribution is 0.0903. The third-order valence-corrected chi connectivity index (χ3v) is 7.52. The van der Waals surface area contributed by atoms with Crippen molar-refractivity contribution in [3.8, 4) is 0 Å². The second kappa shape index (κ2) is 8.74. The minimum Gasteiger partial charge on any atom is -0.611 e. The van der Waals surface area contributed by atoms with Gasteiger partial charge in [-0.25, -0.2) is 9.97 Å². The molecule has 2 aromatic rings. The quantitative estimate of drug-likeness (QED) is 0.711. The average Bonchev–Trinajstić information content (AvgIpc) is 3.16. The standard InChI is InChI=1S/C20H25ClN6O2S/c21-14-1-2-17(22-13-14)26-6-8-27(9-7-26)20-24-16-5-12-30(28)18(16)19(25-20)23-15-3-10-29-11-4-15/h1-2,13,15H,3-12H2,(H,23,24,25). The Labute approximate surface area is 184 Å². The van der Waals surface area contributed by atoms with Crippen LogP contribution >= 0.6 is 11.6 Å². The molecule has 2 saturated heterocycles. The first-order valence-corrected chi connectivity index (χ1v) is 12.1. The maximum Gasteiger partial charge on any atom is 0.228 e. The highest BCUT2D eigenvalue weighted by Crippen LogP contribution is 2.33. The van der Waals surface area contributed by atoms with Crippen molar-refractivity contribution in [2.24, 2.45) is 0 Å². The summed E-state index contributed by atoms with van der Waals surface area (Å²) in [4.78, 5) is 19.3. The van der Waals surface area contributed by atoms with Crippen LogP contribution < -0.4 is 15.1 Å². The van der Waals surface area contributed by atoms with Crippen molar-refractivity contribution in [2.75, 3.05) is 60.3 Å². The summed E-state index contributed by atoms with van der Waals surface area (Å²) >= 11 is 4.93. The highest BCUT2D eigenvalue weighted by Gasteiger charge is 2.34. The van der Waals surface area contributed by atoms with Crippen molar-refractivity contribution in [1.82, 2.24) is 15.0 Å². The first-order chi connectivity index (χ1) is 14.7. The van der Waals surface area contributed by atoms with Crippen LogP contribution in [-0.2, 0) is 22.3 Å². The molecule has 160 valence electrons. The van der Waals surface area contributed by atoms with Crippen LogP contribution in [0.15, 0.2) is 23.2 Å². The molecule has 1 unspecified atom stereocenters. The molecule has 3 aliphatic heterocycles. The van der Waals surface area contributed by atoms with Gasteiger partial charge in [0.1, 0.15) is 17.3 Å². The molecule has 5 rings (SSSR count). The summed E-state index contributed by atoms with van der Waals surface area (Å²) in [5.41, 5.74) is 0.926. The van der Waals surface area contributed by atoms with E-state index in [-0.39, 0.29) is 0 Å². The average molecular weight is 449 g/mol. The number of aromatic nitrogens is 3. The van der Waals surface area contributed by atoms with E-state index in [1.165, 1.54) is 0 Å². The Bertz CT molecular complexity index is 888. The van der Waals surface area contributed by atoms with Crippen LogP contribution in [0.3, 0.4) is 0 Å². The molecule has 30 heavy (non-hydrogen) atoms. The Morgan fingerprint density at radius 2 is 1.87 bits per heavy atom. The number of anilines is 3. The zero-order chi connectivity index (χ0) is 20.5. The first-order valence-electron chi connectivity index (χ1n) is 10.4. The number of hydrogen-bond donors (Lipinski definition) is 1. The molecule has 2 aromatic heterocycles. The van der Waals surface area contributed by atoms with Gasteiger partial charge in [0.25, 0.3) is 0 Å². The maximum atomic E-state index is 12.6. The lowest BCUT2D eigenvalue weighted by Crippen LogP contribution is -2.47. The van der Waals surface area contributed by atoms with E-state index in [0.29, 0.717) is 16.8 Å². The molecule has 1 N–H and O–H groups in total. The van der Waals surface area contributed by atoms with E-state index in [1.807, 2.05) is 12.1 Å². The Hall–Kier alpha value is -1.81. The third-order valence-electron chi connectivity index (χ3n) is 5.84. The summed E-state index contributed by atoms with van der Waals surface area (Å²) < 4.78 is 18.0. The zero-order valence-electron chi connectivity index (χ0n) is 16.7. The SMILES string of the molecule is [O-][S+]1CCc2nc(N3CCN(c4ccc(Cl)cn4)CC3)nc(NC3CCOCC3)c21. The summed E-state index contributed by atoms with van der Waals surface area (Å²) in [6.45, 7) is 4.79. The van der Waals surface area contributed by atoms with Crippen LogP contribution in [0.5, 0.6) is 0 Å². The summed E-state index contributed by atoms with van der Waals surface area (Å²) in [6, 6.07) is 4.12. The van der Waals surface area contributed by atoms with E-state index in [9.17, 15) is 4.55 Å². The van der Waals surface area contributed by atoms with Gasteiger partial charge < -0.3 is 24.4 Å². The number of pyridine rings is 1. The van der Waals surface area contributed by atoms with Gasteiger partial charge in [0, 0.05) is 58.1 Å². The van der Waals surface area contributed by atoms with Gasteiger partial charge in [-0.1, -0.05) is 11.6 Å². The van der Waals surface area contributed by atoms with Gasteiger partial charge in [-0.05, 0) is 36.2 Å². The van der Waals surface area contributed by atoms with Crippen molar-refractivity contribution < 1.29 is 9.29 Å². The number of aryl methyl sites for hydroxylation is 1. The summed E-state index contributed by atoms with van der Waals surface area (Å²) in [6.07, 6.45) is 4.30. The Morgan fingerprint density at radius 3 is 2.60 bits per heavy atom. The van der Waals surface area contributed by atoms with Crippen molar-refractivity contribution >= 4 is 40.4 Å². The number of ether oxygens (including phenoxy) is 1. The number of halogens is 1. The third kappa shape index (κ3) is 4.16. The molecule has 0 spiro atoms. The minimum atomic E-state index is -1.02. The molecule has 3 aliphatic rings. The van der Waals surface area contributed by atoms with Crippen LogP contribution in [0.1, 0.15) is 18.5 Å². The Morgan fingerprint density at radius 1 is 1.10 bits per heavy atom. The molecule has 0 radical (unpaired) electrons. The molecule has 0 saturated carbocycles. The molecule has 5 heterocycles. The number of nitrogens with zero attached hydrogens (tertiary/aromatic N) is 5. The van der Waals surface area contributed by atoms with E-state index >= 15 is 0 Å². The van der Waals surface area contributed by atoms with E-state index in [1.54, 1.807) is 6.20 Å². The predicted octanol–water partition coefficient (Wildman–Crippen LogP) is 2.11. The Balaban J connectivity index is 1.33. The number of piperazine rings is 1. The first kappa shape index (κ1) is 20.1. The summed E-state index contributed by atoms with van der Waals surface area (Å²) in [7, 11) is 0. The molecule has 10 heteroatoms. The van der Waals surface area contributed by atoms with Crippen LogP contribution in [0, 0.1) is 0 Å². The molecule has 2 fully saturated rings. The van der Waals surface area contributed by atoms with Gasteiger partial charge in [-0.3, -0.25) is 0 Å². The van der Waals surface area contributed by atoms with Crippen LogP contribution in [-0.4, -0.2) is 70.7 Å². The van der Waals surface area contributed by atoms with Crippen molar-refractivity contribution in [2.45, 2.75) is 30.2 Å². The van der Waals surface area contributed by atoms with Gasteiger partial charge in [-0.2, -0.15) is 4.98 Å². The fourth-order valence-corrected chi connectivity index (χ4v) is 5.57. The van der Waals surface area contributed by atoms with Gasteiger partial charge in [-0.15, -0.1) is 0 Å². The molecular formula is C20H25ClN6O2S. The molecular weight excluding hydrogens is 424 g/mol.